The minimum absolute atomic E-state index is 0.0432. The highest BCUT2D eigenvalue weighted by Gasteiger charge is 2.18. The molecular weight excluding hydrogens is 268 g/mol. The third-order valence-electron chi connectivity index (χ3n) is 2.66. The van der Waals surface area contributed by atoms with Crippen LogP contribution < -0.4 is 15.2 Å². The van der Waals surface area contributed by atoms with Gasteiger partial charge in [0.2, 0.25) is 10.0 Å². The van der Waals surface area contributed by atoms with Crippen molar-refractivity contribution in [2.45, 2.75) is 30.7 Å². The Morgan fingerprint density at radius 1 is 1.47 bits per heavy atom. The molecule has 1 aromatic carbocycles. The Labute approximate surface area is 113 Å². The van der Waals surface area contributed by atoms with Crippen LogP contribution in [0.1, 0.15) is 19.8 Å². The lowest BCUT2D eigenvalue weighted by Crippen LogP contribution is -2.32. The maximum absolute atomic E-state index is 12.1. The number of nitrogen functional groups attached to an aromatic ring is 1. The fourth-order valence-corrected chi connectivity index (χ4v) is 2.98. The first kappa shape index (κ1) is 15.7. The fraction of sp³-hybridized carbons (Fsp3) is 0.500. The third-order valence-corrected chi connectivity index (χ3v) is 4.25. The molecule has 19 heavy (non-hydrogen) atoms. The molecule has 0 saturated carbocycles. The second-order valence-corrected chi connectivity index (χ2v) is 6.01. The van der Waals surface area contributed by atoms with Gasteiger partial charge in [0.15, 0.2) is 0 Å². The molecule has 1 atom stereocenters. The molecule has 0 fully saturated rings. The molecule has 0 aromatic heterocycles. The number of benzene rings is 1. The van der Waals surface area contributed by atoms with Crippen LogP contribution in [0.4, 0.5) is 5.69 Å². The highest BCUT2D eigenvalue weighted by atomic mass is 32.2. The SMILES string of the molecule is COc1ccc(S(=O)(=O)NC(C)CCCO)cc1N. The number of hydrogen-bond donors (Lipinski definition) is 3. The van der Waals surface area contributed by atoms with E-state index >= 15 is 0 Å². The molecule has 4 N–H and O–H groups in total. The van der Waals surface area contributed by atoms with Crippen molar-refractivity contribution < 1.29 is 18.3 Å². The van der Waals surface area contributed by atoms with E-state index in [0.717, 1.165) is 0 Å². The number of anilines is 1. The molecule has 0 amide bonds. The summed E-state index contributed by atoms with van der Waals surface area (Å²) in [6, 6.07) is 4.07. The number of rotatable bonds is 7. The molecule has 0 aliphatic rings. The van der Waals surface area contributed by atoms with Crippen LogP contribution in [0.15, 0.2) is 23.1 Å². The van der Waals surface area contributed by atoms with Crippen molar-refractivity contribution in [1.82, 2.24) is 4.72 Å². The van der Waals surface area contributed by atoms with Crippen LogP contribution in [0.25, 0.3) is 0 Å². The van der Waals surface area contributed by atoms with Crippen molar-refractivity contribution in [2.24, 2.45) is 0 Å². The molecule has 0 bridgehead atoms. The van der Waals surface area contributed by atoms with E-state index in [-0.39, 0.29) is 23.2 Å². The average Bonchev–Trinajstić information content (AvgIpc) is 2.35. The van der Waals surface area contributed by atoms with E-state index in [1.807, 2.05) is 0 Å². The normalized spacial score (nSPS) is 13.2. The molecule has 6 nitrogen and oxygen atoms in total. The summed E-state index contributed by atoms with van der Waals surface area (Å²) in [5, 5.41) is 8.72. The van der Waals surface area contributed by atoms with Crippen molar-refractivity contribution >= 4 is 15.7 Å². The van der Waals surface area contributed by atoms with Crippen LogP contribution >= 0.6 is 0 Å². The molecule has 0 saturated heterocycles. The number of hydrogen-bond acceptors (Lipinski definition) is 5. The first-order valence-corrected chi connectivity index (χ1v) is 7.45. The Balaban J connectivity index is 2.85. The zero-order chi connectivity index (χ0) is 14.5. The molecule has 0 heterocycles. The van der Waals surface area contributed by atoms with Gasteiger partial charge in [-0.1, -0.05) is 0 Å². The zero-order valence-corrected chi connectivity index (χ0v) is 11.9. The predicted octanol–water partition coefficient (Wildman–Crippen LogP) is 0.717. The smallest absolute Gasteiger partial charge is 0.240 e. The Bertz CT molecular complexity index is 516. The van der Waals surface area contributed by atoms with Gasteiger partial charge in [-0.25, -0.2) is 13.1 Å². The monoisotopic (exact) mass is 288 g/mol. The van der Waals surface area contributed by atoms with Crippen LogP contribution in [0.2, 0.25) is 0 Å². The third kappa shape index (κ3) is 4.38. The van der Waals surface area contributed by atoms with Gasteiger partial charge in [-0.05, 0) is 38.0 Å². The molecule has 0 radical (unpaired) electrons. The standard InChI is InChI=1S/C12H20N2O4S/c1-9(4-3-7-15)14-19(16,17)10-5-6-12(18-2)11(13)8-10/h5-6,8-9,14-15H,3-4,7,13H2,1-2H3. The summed E-state index contributed by atoms with van der Waals surface area (Å²) in [5.74, 6) is 0.437. The summed E-state index contributed by atoms with van der Waals surface area (Å²) in [5.41, 5.74) is 5.96. The number of nitrogens with two attached hydrogens (primary N) is 1. The van der Waals surface area contributed by atoms with Crippen molar-refractivity contribution in [2.75, 3.05) is 19.5 Å². The lowest BCUT2D eigenvalue weighted by Gasteiger charge is -2.14. The van der Waals surface area contributed by atoms with E-state index in [1.54, 1.807) is 6.92 Å². The molecule has 108 valence electrons. The van der Waals surface area contributed by atoms with Gasteiger partial charge in [-0.2, -0.15) is 0 Å². The van der Waals surface area contributed by atoms with Gasteiger partial charge < -0.3 is 15.6 Å². The van der Waals surface area contributed by atoms with Gasteiger partial charge >= 0.3 is 0 Å². The molecule has 0 aliphatic heterocycles. The maximum Gasteiger partial charge on any atom is 0.240 e. The highest BCUT2D eigenvalue weighted by molar-refractivity contribution is 7.89. The van der Waals surface area contributed by atoms with Crippen molar-refractivity contribution in [3.05, 3.63) is 18.2 Å². The Hall–Kier alpha value is -1.31. The van der Waals surface area contributed by atoms with E-state index in [0.29, 0.717) is 18.6 Å². The van der Waals surface area contributed by atoms with Crippen LogP contribution in [0.3, 0.4) is 0 Å². The predicted molar refractivity (Wildman–Crippen MR) is 73.5 cm³/mol. The Morgan fingerprint density at radius 3 is 2.68 bits per heavy atom. The highest BCUT2D eigenvalue weighted by Crippen LogP contribution is 2.24. The van der Waals surface area contributed by atoms with Crippen LogP contribution in [-0.4, -0.2) is 33.3 Å². The number of nitrogens with one attached hydrogen (secondary N) is 1. The van der Waals surface area contributed by atoms with E-state index in [9.17, 15) is 8.42 Å². The van der Waals surface area contributed by atoms with Gasteiger partial charge in [0.1, 0.15) is 5.75 Å². The molecule has 1 unspecified atom stereocenters. The van der Waals surface area contributed by atoms with E-state index in [2.05, 4.69) is 4.72 Å². The van der Waals surface area contributed by atoms with Gasteiger partial charge in [0.25, 0.3) is 0 Å². The van der Waals surface area contributed by atoms with Gasteiger partial charge in [-0.3, -0.25) is 0 Å². The number of aliphatic hydroxyl groups is 1. The minimum atomic E-state index is -3.60. The number of methoxy groups -OCH3 is 1. The van der Waals surface area contributed by atoms with Gasteiger partial charge in [0, 0.05) is 12.6 Å². The second kappa shape index (κ2) is 6.74. The topological polar surface area (TPSA) is 102 Å². The summed E-state index contributed by atoms with van der Waals surface area (Å²) < 4.78 is 31.7. The van der Waals surface area contributed by atoms with Crippen LogP contribution in [0.5, 0.6) is 5.75 Å². The maximum atomic E-state index is 12.1. The summed E-state index contributed by atoms with van der Waals surface area (Å²) in [4.78, 5) is 0.0987. The number of ether oxygens (including phenoxy) is 1. The van der Waals surface area contributed by atoms with Gasteiger partial charge in [0.05, 0.1) is 17.7 Å². The van der Waals surface area contributed by atoms with E-state index < -0.39 is 10.0 Å². The average molecular weight is 288 g/mol. The molecule has 1 rings (SSSR count). The first-order valence-electron chi connectivity index (χ1n) is 5.97. The largest absolute Gasteiger partial charge is 0.495 e. The summed E-state index contributed by atoms with van der Waals surface area (Å²) in [6.07, 6.45) is 1.12. The van der Waals surface area contributed by atoms with Crippen molar-refractivity contribution in [3.63, 3.8) is 0 Å². The molecular formula is C12H20N2O4S. The van der Waals surface area contributed by atoms with Gasteiger partial charge in [-0.15, -0.1) is 0 Å². The number of aliphatic hydroxyl groups excluding tert-OH is 1. The zero-order valence-electron chi connectivity index (χ0n) is 11.1. The molecule has 7 heteroatoms. The Morgan fingerprint density at radius 2 is 2.16 bits per heavy atom. The number of sulfonamides is 1. The second-order valence-electron chi connectivity index (χ2n) is 4.29. The summed E-state index contributed by atoms with van der Waals surface area (Å²) >= 11 is 0. The lowest BCUT2D eigenvalue weighted by molar-refractivity contribution is 0.279. The lowest BCUT2D eigenvalue weighted by atomic mass is 10.2. The molecule has 0 spiro atoms. The summed E-state index contributed by atoms with van der Waals surface area (Å²) in [7, 11) is -2.14. The first-order chi connectivity index (χ1) is 8.90. The Kier molecular flexibility index (Phi) is 5.59. The van der Waals surface area contributed by atoms with Crippen LogP contribution in [0, 0.1) is 0 Å². The fourth-order valence-electron chi connectivity index (χ4n) is 1.67. The molecule has 0 aliphatic carbocycles. The quantitative estimate of drug-likeness (QED) is 0.642. The van der Waals surface area contributed by atoms with Crippen molar-refractivity contribution in [3.8, 4) is 5.75 Å². The minimum Gasteiger partial charge on any atom is -0.495 e. The summed E-state index contributed by atoms with van der Waals surface area (Å²) in [6.45, 7) is 1.79. The van der Waals surface area contributed by atoms with E-state index in [1.165, 1.54) is 25.3 Å². The van der Waals surface area contributed by atoms with E-state index in [4.69, 9.17) is 15.6 Å². The van der Waals surface area contributed by atoms with Crippen LogP contribution in [-0.2, 0) is 10.0 Å². The van der Waals surface area contributed by atoms with Crippen molar-refractivity contribution in [1.29, 1.82) is 0 Å². The molecule has 1 aromatic rings.